The van der Waals surface area contributed by atoms with E-state index in [9.17, 15) is 4.79 Å². The molecule has 1 heterocycles. The van der Waals surface area contributed by atoms with Crippen molar-refractivity contribution < 1.29 is 4.79 Å². The standard InChI is InChI=1S/C14H18N4O/c1-9-13(10(2)18(3)17-9)14(19)16-12-6-4-5-11(7-12)8-15/h4-7H,8,15H2,1-3H3,(H,16,19). The van der Waals surface area contributed by atoms with Crippen LogP contribution in [0.4, 0.5) is 5.69 Å². The van der Waals surface area contributed by atoms with E-state index >= 15 is 0 Å². The molecule has 1 aromatic heterocycles. The number of nitrogens with zero attached hydrogens (tertiary/aromatic N) is 2. The van der Waals surface area contributed by atoms with Crippen LogP contribution in [0.2, 0.25) is 0 Å². The minimum absolute atomic E-state index is 0.141. The number of aromatic nitrogens is 2. The molecule has 1 amide bonds. The average molecular weight is 258 g/mol. The number of anilines is 1. The van der Waals surface area contributed by atoms with E-state index < -0.39 is 0 Å². The van der Waals surface area contributed by atoms with E-state index in [4.69, 9.17) is 5.73 Å². The molecule has 2 rings (SSSR count). The molecule has 1 aromatic carbocycles. The van der Waals surface area contributed by atoms with Crippen molar-refractivity contribution in [2.24, 2.45) is 12.8 Å². The molecule has 0 aliphatic rings. The first kappa shape index (κ1) is 13.3. The van der Waals surface area contributed by atoms with Crippen LogP contribution < -0.4 is 11.1 Å². The van der Waals surface area contributed by atoms with Gasteiger partial charge < -0.3 is 11.1 Å². The minimum Gasteiger partial charge on any atom is -0.326 e. The average Bonchev–Trinajstić information content (AvgIpc) is 2.63. The normalized spacial score (nSPS) is 10.5. The van der Waals surface area contributed by atoms with Crippen molar-refractivity contribution >= 4 is 11.6 Å². The van der Waals surface area contributed by atoms with Gasteiger partial charge in [-0.2, -0.15) is 5.10 Å². The molecule has 3 N–H and O–H groups in total. The van der Waals surface area contributed by atoms with E-state index in [0.29, 0.717) is 12.1 Å². The Morgan fingerprint density at radius 3 is 2.74 bits per heavy atom. The van der Waals surface area contributed by atoms with Gasteiger partial charge in [0.1, 0.15) is 0 Å². The third kappa shape index (κ3) is 2.66. The molecule has 5 heteroatoms. The van der Waals surface area contributed by atoms with Gasteiger partial charge in [-0.3, -0.25) is 9.48 Å². The Morgan fingerprint density at radius 1 is 1.42 bits per heavy atom. The molecule has 0 unspecified atom stereocenters. The summed E-state index contributed by atoms with van der Waals surface area (Å²) in [5.41, 5.74) is 9.52. The number of rotatable bonds is 3. The zero-order valence-electron chi connectivity index (χ0n) is 11.4. The second-order valence-electron chi connectivity index (χ2n) is 4.53. The number of nitrogens with one attached hydrogen (secondary N) is 1. The van der Waals surface area contributed by atoms with Gasteiger partial charge in [0.25, 0.3) is 5.91 Å². The van der Waals surface area contributed by atoms with E-state index in [1.165, 1.54) is 0 Å². The number of hydrogen-bond acceptors (Lipinski definition) is 3. The Morgan fingerprint density at radius 2 is 2.16 bits per heavy atom. The highest BCUT2D eigenvalue weighted by Gasteiger charge is 2.17. The molecule has 100 valence electrons. The second kappa shape index (κ2) is 5.24. The van der Waals surface area contributed by atoms with Crippen molar-refractivity contribution in [3.05, 3.63) is 46.8 Å². The first-order valence-corrected chi connectivity index (χ1v) is 6.13. The third-order valence-electron chi connectivity index (χ3n) is 3.16. The SMILES string of the molecule is Cc1nn(C)c(C)c1C(=O)Nc1cccc(CN)c1. The number of carbonyl (C=O) groups excluding carboxylic acids is 1. The van der Waals surface area contributed by atoms with Gasteiger partial charge in [0.05, 0.1) is 11.3 Å². The van der Waals surface area contributed by atoms with Gasteiger partial charge in [0.2, 0.25) is 0 Å². The van der Waals surface area contributed by atoms with E-state index in [1.54, 1.807) is 4.68 Å². The Bertz CT molecular complexity index is 616. The quantitative estimate of drug-likeness (QED) is 0.881. The van der Waals surface area contributed by atoms with Crippen LogP contribution in [0.25, 0.3) is 0 Å². The molecule has 5 nitrogen and oxygen atoms in total. The van der Waals surface area contributed by atoms with Crippen molar-refractivity contribution in [2.75, 3.05) is 5.32 Å². The summed E-state index contributed by atoms with van der Waals surface area (Å²) in [5, 5.41) is 7.12. The summed E-state index contributed by atoms with van der Waals surface area (Å²) in [6, 6.07) is 7.52. The van der Waals surface area contributed by atoms with Crippen molar-refractivity contribution in [2.45, 2.75) is 20.4 Å². The lowest BCUT2D eigenvalue weighted by molar-refractivity contribution is 0.102. The van der Waals surface area contributed by atoms with Crippen LogP contribution in [0.1, 0.15) is 27.3 Å². The van der Waals surface area contributed by atoms with Crippen molar-refractivity contribution in [3.63, 3.8) is 0 Å². The van der Waals surface area contributed by atoms with E-state index in [0.717, 1.165) is 22.6 Å². The first-order valence-electron chi connectivity index (χ1n) is 6.13. The predicted molar refractivity (Wildman–Crippen MR) is 75.0 cm³/mol. The number of hydrogen-bond donors (Lipinski definition) is 2. The summed E-state index contributed by atoms with van der Waals surface area (Å²) in [6.07, 6.45) is 0. The lowest BCUT2D eigenvalue weighted by Gasteiger charge is -2.07. The van der Waals surface area contributed by atoms with E-state index in [-0.39, 0.29) is 5.91 Å². The highest BCUT2D eigenvalue weighted by Crippen LogP contribution is 2.16. The molecule has 0 saturated carbocycles. The van der Waals surface area contributed by atoms with E-state index in [2.05, 4.69) is 10.4 Å². The molecular formula is C14H18N4O. The Balaban J connectivity index is 2.25. The fourth-order valence-electron chi connectivity index (χ4n) is 2.07. The maximum absolute atomic E-state index is 12.3. The Labute approximate surface area is 112 Å². The summed E-state index contributed by atoms with van der Waals surface area (Å²) >= 11 is 0. The molecule has 0 aliphatic carbocycles. The smallest absolute Gasteiger partial charge is 0.259 e. The fraction of sp³-hybridized carbons (Fsp3) is 0.286. The molecule has 2 aromatic rings. The molecule has 0 aliphatic heterocycles. The summed E-state index contributed by atoms with van der Waals surface area (Å²) in [5.74, 6) is -0.141. The van der Waals surface area contributed by atoms with Gasteiger partial charge in [-0.25, -0.2) is 0 Å². The largest absolute Gasteiger partial charge is 0.326 e. The molecule has 0 atom stereocenters. The number of benzene rings is 1. The highest BCUT2D eigenvalue weighted by atomic mass is 16.1. The van der Waals surface area contributed by atoms with Gasteiger partial charge in [-0.15, -0.1) is 0 Å². The van der Waals surface area contributed by atoms with Crippen LogP contribution in [-0.2, 0) is 13.6 Å². The molecule has 0 spiro atoms. The molecule has 0 saturated heterocycles. The zero-order chi connectivity index (χ0) is 14.0. The van der Waals surface area contributed by atoms with Gasteiger partial charge in [0, 0.05) is 25.0 Å². The van der Waals surface area contributed by atoms with Crippen LogP contribution >= 0.6 is 0 Å². The summed E-state index contributed by atoms with van der Waals surface area (Å²) in [6.45, 7) is 4.16. The second-order valence-corrected chi connectivity index (χ2v) is 4.53. The van der Waals surface area contributed by atoms with Crippen LogP contribution in [-0.4, -0.2) is 15.7 Å². The summed E-state index contributed by atoms with van der Waals surface area (Å²) in [7, 11) is 1.83. The van der Waals surface area contributed by atoms with Crippen LogP contribution in [0.5, 0.6) is 0 Å². The number of amides is 1. The molecule has 19 heavy (non-hydrogen) atoms. The van der Waals surface area contributed by atoms with Gasteiger partial charge in [0.15, 0.2) is 0 Å². The van der Waals surface area contributed by atoms with Gasteiger partial charge >= 0.3 is 0 Å². The molecular weight excluding hydrogens is 240 g/mol. The maximum atomic E-state index is 12.3. The van der Waals surface area contributed by atoms with Crippen molar-refractivity contribution in [1.29, 1.82) is 0 Å². The summed E-state index contributed by atoms with van der Waals surface area (Å²) in [4.78, 5) is 12.3. The number of carbonyl (C=O) groups is 1. The number of aryl methyl sites for hydroxylation is 2. The lowest BCUT2D eigenvalue weighted by Crippen LogP contribution is -2.14. The highest BCUT2D eigenvalue weighted by molar-refractivity contribution is 6.05. The van der Waals surface area contributed by atoms with Gasteiger partial charge in [-0.05, 0) is 31.5 Å². The van der Waals surface area contributed by atoms with Crippen molar-refractivity contribution in [1.82, 2.24) is 9.78 Å². The maximum Gasteiger partial charge on any atom is 0.259 e. The van der Waals surface area contributed by atoms with E-state index in [1.807, 2.05) is 45.2 Å². The Kier molecular flexibility index (Phi) is 3.66. The monoisotopic (exact) mass is 258 g/mol. The lowest BCUT2D eigenvalue weighted by atomic mass is 10.1. The third-order valence-corrected chi connectivity index (χ3v) is 3.16. The van der Waals surface area contributed by atoms with Crippen molar-refractivity contribution in [3.8, 4) is 0 Å². The number of nitrogens with two attached hydrogens (primary N) is 1. The van der Waals surface area contributed by atoms with Gasteiger partial charge in [-0.1, -0.05) is 12.1 Å². The fourth-order valence-corrected chi connectivity index (χ4v) is 2.07. The van der Waals surface area contributed by atoms with Crippen LogP contribution in [0.3, 0.4) is 0 Å². The van der Waals surface area contributed by atoms with Crippen LogP contribution in [0, 0.1) is 13.8 Å². The summed E-state index contributed by atoms with van der Waals surface area (Å²) < 4.78 is 1.71. The molecule has 0 bridgehead atoms. The first-order chi connectivity index (χ1) is 9.02. The molecule has 0 radical (unpaired) electrons. The predicted octanol–water partition coefficient (Wildman–Crippen LogP) is 1.75. The molecule has 0 fully saturated rings. The van der Waals surface area contributed by atoms with Crippen LogP contribution in [0.15, 0.2) is 24.3 Å². The zero-order valence-corrected chi connectivity index (χ0v) is 11.4. The Hall–Kier alpha value is -2.14. The minimum atomic E-state index is -0.141. The topological polar surface area (TPSA) is 72.9 Å².